The van der Waals surface area contributed by atoms with Crippen molar-refractivity contribution in [1.82, 2.24) is 4.31 Å². The van der Waals surface area contributed by atoms with Crippen LogP contribution in [0.3, 0.4) is 0 Å². The second-order valence-electron chi connectivity index (χ2n) is 6.48. The number of anilines is 1. The molecule has 1 heterocycles. The molecular formula is C20H24N2O5S. The van der Waals surface area contributed by atoms with Crippen molar-refractivity contribution in [1.29, 1.82) is 0 Å². The highest BCUT2D eigenvalue weighted by atomic mass is 32.2. The molecule has 0 aliphatic carbocycles. The molecule has 3 rings (SSSR count). The van der Waals surface area contributed by atoms with Gasteiger partial charge in [-0.2, -0.15) is 4.31 Å². The van der Waals surface area contributed by atoms with Gasteiger partial charge in [-0.25, -0.2) is 8.42 Å². The van der Waals surface area contributed by atoms with Crippen LogP contribution in [0.4, 0.5) is 5.69 Å². The summed E-state index contributed by atoms with van der Waals surface area (Å²) in [6, 6.07) is 11.4. The maximum absolute atomic E-state index is 12.7. The van der Waals surface area contributed by atoms with E-state index in [2.05, 4.69) is 5.32 Å². The van der Waals surface area contributed by atoms with Gasteiger partial charge in [0.1, 0.15) is 11.5 Å². The molecule has 1 fully saturated rings. The van der Waals surface area contributed by atoms with Crippen LogP contribution in [0.2, 0.25) is 0 Å². The summed E-state index contributed by atoms with van der Waals surface area (Å²) >= 11 is 0. The molecule has 0 aromatic heterocycles. The average Bonchev–Trinajstić information content (AvgIpc) is 3.27. The van der Waals surface area contributed by atoms with Crippen molar-refractivity contribution < 1.29 is 22.7 Å². The number of nitrogens with one attached hydrogen (secondary N) is 1. The Bertz CT molecular complexity index is 953. The molecule has 1 N–H and O–H groups in total. The molecule has 0 atom stereocenters. The predicted octanol–water partition coefficient (Wildman–Crippen LogP) is 2.78. The molecule has 1 aliphatic heterocycles. The maximum Gasteiger partial charge on any atom is 0.243 e. The lowest BCUT2D eigenvalue weighted by atomic mass is 10.1. The largest absolute Gasteiger partial charge is 0.497 e. The van der Waals surface area contributed by atoms with Gasteiger partial charge in [0.2, 0.25) is 10.0 Å². The Hall–Kier alpha value is -2.58. The summed E-state index contributed by atoms with van der Waals surface area (Å²) in [4.78, 5) is 12.8. The van der Waals surface area contributed by atoms with Crippen molar-refractivity contribution in [2.75, 3.05) is 39.2 Å². The number of sulfonamides is 1. The van der Waals surface area contributed by atoms with Crippen LogP contribution >= 0.6 is 0 Å². The first-order chi connectivity index (χ1) is 13.5. The fourth-order valence-electron chi connectivity index (χ4n) is 3.14. The number of ketones is 1. The predicted molar refractivity (Wildman–Crippen MR) is 107 cm³/mol. The van der Waals surface area contributed by atoms with Crippen LogP contribution in [0.1, 0.15) is 23.2 Å². The fourth-order valence-corrected chi connectivity index (χ4v) is 4.70. The number of nitrogens with zero attached hydrogens (tertiary/aromatic N) is 1. The van der Waals surface area contributed by atoms with Crippen molar-refractivity contribution in [3.63, 3.8) is 0 Å². The third-order valence-corrected chi connectivity index (χ3v) is 6.60. The molecule has 8 heteroatoms. The highest BCUT2D eigenvalue weighted by Crippen LogP contribution is 2.29. The van der Waals surface area contributed by atoms with E-state index < -0.39 is 10.0 Å². The summed E-state index contributed by atoms with van der Waals surface area (Å²) in [5.74, 6) is 0.997. The van der Waals surface area contributed by atoms with E-state index in [4.69, 9.17) is 9.47 Å². The Kier molecular flexibility index (Phi) is 6.21. The van der Waals surface area contributed by atoms with Crippen LogP contribution in [0.5, 0.6) is 11.5 Å². The molecule has 0 spiro atoms. The summed E-state index contributed by atoms with van der Waals surface area (Å²) < 4.78 is 37.4. The van der Waals surface area contributed by atoms with Crippen molar-refractivity contribution in [2.24, 2.45) is 0 Å². The first-order valence-electron chi connectivity index (χ1n) is 9.05. The summed E-state index contributed by atoms with van der Waals surface area (Å²) in [6.07, 6.45) is 1.73. The fraction of sp³-hybridized carbons (Fsp3) is 0.350. The van der Waals surface area contributed by atoms with Crippen molar-refractivity contribution in [3.8, 4) is 11.5 Å². The molecule has 2 aromatic rings. The zero-order chi connectivity index (χ0) is 20.1. The second kappa shape index (κ2) is 8.62. The molecule has 0 bridgehead atoms. The number of hydrogen-bond donors (Lipinski definition) is 1. The molecule has 0 amide bonds. The summed E-state index contributed by atoms with van der Waals surface area (Å²) in [6.45, 7) is 1.05. The number of ether oxygens (including phenoxy) is 2. The third kappa shape index (κ3) is 4.28. The Morgan fingerprint density at radius 2 is 1.82 bits per heavy atom. The smallest absolute Gasteiger partial charge is 0.243 e. The lowest BCUT2D eigenvalue weighted by Crippen LogP contribution is -2.28. The van der Waals surface area contributed by atoms with Gasteiger partial charge in [-0.1, -0.05) is 12.1 Å². The topological polar surface area (TPSA) is 84.9 Å². The molecule has 1 saturated heterocycles. The van der Waals surface area contributed by atoms with E-state index >= 15 is 0 Å². The van der Waals surface area contributed by atoms with Gasteiger partial charge in [0.15, 0.2) is 5.78 Å². The highest BCUT2D eigenvalue weighted by molar-refractivity contribution is 7.89. The van der Waals surface area contributed by atoms with E-state index in [-0.39, 0.29) is 17.2 Å². The van der Waals surface area contributed by atoms with Crippen LogP contribution in [0, 0.1) is 0 Å². The van der Waals surface area contributed by atoms with Gasteiger partial charge in [-0.05, 0) is 37.1 Å². The zero-order valence-electron chi connectivity index (χ0n) is 16.0. The monoisotopic (exact) mass is 404 g/mol. The van der Waals surface area contributed by atoms with Crippen molar-refractivity contribution >= 4 is 21.5 Å². The molecule has 7 nitrogen and oxygen atoms in total. The average molecular weight is 404 g/mol. The van der Waals surface area contributed by atoms with Crippen LogP contribution in [0.15, 0.2) is 47.4 Å². The number of carbonyl (C=O) groups is 1. The van der Waals surface area contributed by atoms with Gasteiger partial charge in [0, 0.05) is 24.7 Å². The van der Waals surface area contributed by atoms with Gasteiger partial charge in [0.05, 0.1) is 31.3 Å². The molecule has 28 heavy (non-hydrogen) atoms. The van der Waals surface area contributed by atoms with Gasteiger partial charge < -0.3 is 14.8 Å². The van der Waals surface area contributed by atoms with E-state index in [0.29, 0.717) is 35.8 Å². The number of rotatable bonds is 8. The Labute approximate surface area is 165 Å². The Balaban J connectivity index is 1.75. The minimum absolute atomic E-state index is 0.00323. The van der Waals surface area contributed by atoms with E-state index in [9.17, 15) is 13.2 Å². The van der Waals surface area contributed by atoms with E-state index in [1.807, 2.05) is 0 Å². The van der Waals surface area contributed by atoms with E-state index in [0.717, 1.165) is 12.8 Å². The number of hydrogen-bond acceptors (Lipinski definition) is 6. The molecule has 2 aromatic carbocycles. The number of benzene rings is 2. The van der Waals surface area contributed by atoms with Crippen LogP contribution in [-0.4, -0.2) is 52.4 Å². The highest BCUT2D eigenvalue weighted by Gasteiger charge is 2.27. The molecule has 1 aliphatic rings. The van der Waals surface area contributed by atoms with Gasteiger partial charge in [-0.15, -0.1) is 0 Å². The minimum atomic E-state index is -3.56. The van der Waals surface area contributed by atoms with Gasteiger partial charge >= 0.3 is 0 Å². The van der Waals surface area contributed by atoms with Crippen LogP contribution in [0.25, 0.3) is 0 Å². The minimum Gasteiger partial charge on any atom is -0.497 e. The lowest BCUT2D eigenvalue weighted by molar-refractivity contribution is 0.101. The van der Waals surface area contributed by atoms with Crippen molar-refractivity contribution in [2.45, 2.75) is 17.7 Å². The molecule has 0 radical (unpaired) electrons. The SMILES string of the molecule is COc1ccc(OC)c(NCC(=O)c2cccc(S(=O)(=O)N3CCCC3)c2)c1. The normalized spacial score (nSPS) is 14.6. The third-order valence-electron chi connectivity index (χ3n) is 4.70. The first kappa shape index (κ1) is 20.2. The molecule has 150 valence electrons. The lowest BCUT2D eigenvalue weighted by Gasteiger charge is -2.16. The van der Waals surface area contributed by atoms with Gasteiger partial charge in [-0.3, -0.25) is 4.79 Å². The van der Waals surface area contributed by atoms with E-state index in [1.165, 1.54) is 16.4 Å². The zero-order valence-corrected chi connectivity index (χ0v) is 16.8. The molecular weight excluding hydrogens is 380 g/mol. The summed E-state index contributed by atoms with van der Waals surface area (Å²) in [5, 5.41) is 3.04. The standard InChI is InChI=1S/C20H24N2O5S/c1-26-16-8-9-20(27-2)18(13-16)21-14-19(23)15-6-5-7-17(12-15)28(24,25)22-10-3-4-11-22/h5-9,12-13,21H,3-4,10-11,14H2,1-2H3. The molecule has 0 saturated carbocycles. The van der Waals surface area contributed by atoms with Crippen molar-refractivity contribution in [3.05, 3.63) is 48.0 Å². The number of Topliss-reactive ketones (excluding diaryl/α,β-unsaturated/α-hetero) is 1. The second-order valence-corrected chi connectivity index (χ2v) is 8.42. The Morgan fingerprint density at radius 1 is 1.07 bits per heavy atom. The maximum atomic E-state index is 12.7. The van der Waals surface area contributed by atoms with E-state index in [1.54, 1.807) is 44.6 Å². The summed E-state index contributed by atoms with van der Waals surface area (Å²) in [5.41, 5.74) is 0.964. The molecule has 0 unspecified atom stereocenters. The van der Waals surface area contributed by atoms with Crippen LogP contribution < -0.4 is 14.8 Å². The van der Waals surface area contributed by atoms with Gasteiger partial charge in [0.25, 0.3) is 0 Å². The Morgan fingerprint density at radius 3 is 2.50 bits per heavy atom. The first-order valence-corrected chi connectivity index (χ1v) is 10.5. The quantitative estimate of drug-likeness (QED) is 0.681. The number of methoxy groups -OCH3 is 2. The van der Waals surface area contributed by atoms with Crippen LogP contribution in [-0.2, 0) is 10.0 Å². The number of carbonyl (C=O) groups excluding carboxylic acids is 1. The summed E-state index contributed by atoms with van der Waals surface area (Å²) in [7, 11) is -0.456.